The van der Waals surface area contributed by atoms with Crippen molar-refractivity contribution in [1.29, 1.82) is 0 Å². The van der Waals surface area contributed by atoms with Crippen LogP contribution >= 0.6 is 15.9 Å². The van der Waals surface area contributed by atoms with E-state index in [9.17, 15) is 4.79 Å². The van der Waals surface area contributed by atoms with Gasteiger partial charge in [0.05, 0.1) is 11.4 Å². The second-order valence-electron chi connectivity index (χ2n) is 2.21. The van der Waals surface area contributed by atoms with Gasteiger partial charge in [0.2, 0.25) is 5.91 Å². The number of halogens is 1. The second kappa shape index (κ2) is 4.68. The Hall–Kier alpha value is -0.0900. The molecule has 0 aromatic heterocycles. The predicted octanol–water partition coefficient (Wildman–Crippen LogP) is 0.267. The van der Waals surface area contributed by atoms with E-state index in [0.29, 0.717) is 0 Å². The van der Waals surface area contributed by atoms with Gasteiger partial charge in [-0.25, -0.2) is 0 Å². The molecular formula is C6H12BrNO2. The van der Waals surface area contributed by atoms with Crippen molar-refractivity contribution in [3.63, 3.8) is 0 Å². The molecule has 0 bridgehead atoms. The molecule has 1 amide bonds. The largest absolute Gasteiger partial charge is 0.394 e. The summed E-state index contributed by atoms with van der Waals surface area (Å²) in [5, 5.41) is 11.1. The Labute approximate surface area is 68.9 Å². The number of amides is 1. The van der Waals surface area contributed by atoms with Gasteiger partial charge in [-0.2, -0.15) is 0 Å². The van der Waals surface area contributed by atoms with Gasteiger partial charge in [0, 0.05) is 6.04 Å². The fourth-order valence-corrected chi connectivity index (χ4v) is 0.535. The van der Waals surface area contributed by atoms with Gasteiger partial charge >= 0.3 is 0 Å². The Morgan fingerprint density at radius 3 is 2.50 bits per heavy atom. The minimum Gasteiger partial charge on any atom is -0.394 e. The lowest BCUT2D eigenvalue weighted by atomic mass is 10.3. The van der Waals surface area contributed by atoms with E-state index in [-0.39, 0.29) is 23.4 Å². The second-order valence-corrected chi connectivity index (χ2v) is 3.58. The van der Waals surface area contributed by atoms with Crippen molar-refractivity contribution in [1.82, 2.24) is 5.32 Å². The first-order valence-corrected chi connectivity index (χ1v) is 4.04. The highest BCUT2D eigenvalue weighted by Crippen LogP contribution is 1.96. The van der Waals surface area contributed by atoms with Crippen LogP contribution in [-0.2, 0) is 4.79 Å². The minimum atomic E-state index is -0.193. The summed E-state index contributed by atoms with van der Waals surface area (Å²) in [5.74, 6) is -0.0958. The maximum absolute atomic E-state index is 10.8. The van der Waals surface area contributed by atoms with E-state index in [0.717, 1.165) is 0 Å². The van der Waals surface area contributed by atoms with E-state index < -0.39 is 0 Å². The topological polar surface area (TPSA) is 49.3 Å². The number of hydrogen-bond donors (Lipinski definition) is 2. The third-order valence-electron chi connectivity index (χ3n) is 1.02. The lowest BCUT2D eigenvalue weighted by molar-refractivity contribution is -0.121. The van der Waals surface area contributed by atoms with Gasteiger partial charge in [-0.05, 0) is 13.8 Å². The SMILES string of the molecule is CC(Br)C(=O)N[C@@H](C)CO. The van der Waals surface area contributed by atoms with Crippen LogP contribution in [0.1, 0.15) is 13.8 Å². The van der Waals surface area contributed by atoms with E-state index in [1.54, 1.807) is 13.8 Å². The summed E-state index contributed by atoms with van der Waals surface area (Å²) in [6.45, 7) is 3.46. The van der Waals surface area contributed by atoms with E-state index in [2.05, 4.69) is 21.2 Å². The molecule has 0 fully saturated rings. The highest BCUT2D eigenvalue weighted by molar-refractivity contribution is 9.10. The fraction of sp³-hybridized carbons (Fsp3) is 0.833. The molecular weight excluding hydrogens is 198 g/mol. The van der Waals surface area contributed by atoms with Crippen LogP contribution in [0.15, 0.2) is 0 Å². The van der Waals surface area contributed by atoms with Gasteiger partial charge in [-0.3, -0.25) is 4.79 Å². The summed E-state index contributed by atoms with van der Waals surface area (Å²) < 4.78 is 0. The van der Waals surface area contributed by atoms with Crippen molar-refractivity contribution in [3.05, 3.63) is 0 Å². The van der Waals surface area contributed by atoms with Crippen LogP contribution in [0.25, 0.3) is 0 Å². The van der Waals surface area contributed by atoms with E-state index >= 15 is 0 Å². The third-order valence-corrected chi connectivity index (χ3v) is 1.44. The summed E-state index contributed by atoms with van der Waals surface area (Å²) >= 11 is 3.10. The van der Waals surface area contributed by atoms with E-state index in [1.807, 2.05) is 0 Å². The predicted molar refractivity (Wildman–Crippen MR) is 43.1 cm³/mol. The first kappa shape index (κ1) is 9.91. The van der Waals surface area contributed by atoms with Crippen LogP contribution in [0, 0.1) is 0 Å². The normalized spacial score (nSPS) is 16.0. The molecule has 2 N–H and O–H groups in total. The van der Waals surface area contributed by atoms with Crippen molar-refractivity contribution in [2.75, 3.05) is 6.61 Å². The highest BCUT2D eigenvalue weighted by Gasteiger charge is 2.10. The summed E-state index contributed by atoms with van der Waals surface area (Å²) in [6, 6.07) is -0.160. The number of hydrogen-bond acceptors (Lipinski definition) is 2. The maximum Gasteiger partial charge on any atom is 0.233 e. The number of nitrogens with one attached hydrogen (secondary N) is 1. The van der Waals surface area contributed by atoms with Crippen molar-refractivity contribution in [3.8, 4) is 0 Å². The number of rotatable bonds is 3. The number of aliphatic hydroxyl groups is 1. The van der Waals surface area contributed by atoms with Crippen LogP contribution in [-0.4, -0.2) is 28.5 Å². The Morgan fingerprint density at radius 1 is 1.70 bits per heavy atom. The van der Waals surface area contributed by atoms with Gasteiger partial charge in [0.15, 0.2) is 0 Å². The zero-order chi connectivity index (χ0) is 8.15. The monoisotopic (exact) mass is 209 g/mol. The number of aliphatic hydroxyl groups excluding tert-OH is 1. The first-order valence-electron chi connectivity index (χ1n) is 3.13. The lowest BCUT2D eigenvalue weighted by Crippen LogP contribution is -2.38. The quantitative estimate of drug-likeness (QED) is 0.656. The molecule has 0 aromatic carbocycles. The molecule has 10 heavy (non-hydrogen) atoms. The minimum absolute atomic E-state index is 0.0224. The molecule has 0 rings (SSSR count). The fourth-order valence-electron chi connectivity index (χ4n) is 0.403. The molecule has 0 aromatic rings. The molecule has 0 saturated heterocycles. The average Bonchev–Trinajstić information content (AvgIpc) is 1.87. The van der Waals surface area contributed by atoms with Gasteiger partial charge in [0.25, 0.3) is 0 Å². The van der Waals surface area contributed by atoms with Crippen LogP contribution < -0.4 is 5.32 Å². The molecule has 2 atom stereocenters. The standard InChI is InChI=1S/C6H12BrNO2/c1-4(3-9)8-6(10)5(2)7/h4-5,9H,3H2,1-2H3,(H,8,10)/t4-,5?/m0/s1. The molecule has 0 aliphatic rings. The highest BCUT2D eigenvalue weighted by atomic mass is 79.9. The van der Waals surface area contributed by atoms with Crippen LogP contribution in [0.5, 0.6) is 0 Å². The van der Waals surface area contributed by atoms with Crippen molar-refractivity contribution >= 4 is 21.8 Å². The van der Waals surface area contributed by atoms with Crippen molar-refractivity contribution in [2.45, 2.75) is 24.7 Å². The zero-order valence-electron chi connectivity index (χ0n) is 6.10. The summed E-state index contributed by atoms with van der Waals surface area (Å²) in [4.78, 5) is 10.6. The molecule has 0 aliphatic carbocycles. The molecule has 0 heterocycles. The van der Waals surface area contributed by atoms with Gasteiger partial charge in [-0.15, -0.1) is 0 Å². The zero-order valence-corrected chi connectivity index (χ0v) is 7.68. The van der Waals surface area contributed by atoms with E-state index in [1.165, 1.54) is 0 Å². The molecule has 0 spiro atoms. The smallest absolute Gasteiger partial charge is 0.233 e. The van der Waals surface area contributed by atoms with Gasteiger partial charge in [0.1, 0.15) is 0 Å². The van der Waals surface area contributed by atoms with Crippen molar-refractivity contribution < 1.29 is 9.90 Å². The molecule has 1 unspecified atom stereocenters. The Balaban J connectivity index is 3.57. The summed E-state index contributed by atoms with van der Waals surface area (Å²) in [6.07, 6.45) is 0. The molecule has 4 heteroatoms. The Bertz CT molecular complexity index is 116. The van der Waals surface area contributed by atoms with Crippen molar-refractivity contribution in [2.24, 2.45) is 0 Å². The molecule has 0 aliphatic heterocycles. The Morgan fingerprint density at radius 2 is 2.20 bits per heavy atom. The summed E-state index contributed by atoms with van der Waals surface area (Å²) in [5.41, 5.74) is 0. The third kappa shape index (κ3) is 3.85. The van der Waals surface area contributed by atoms with Crippen LogP contribution in [0.3, 0.4) is 0 Å². The molecule has 0 radical (unpaired) electrons. The molecule has 60 valence electrons. The summed E-state index contributed by atoms with van der Waals surface area (Å²) in [7, 11) is 0. The number of carbonyl (C=O) groups is 1. The van der Waals surface area contributed by atoms with Gasteiger partial charge in [-0.1, -0.05) is 15.9 Å². The number of carbonyl (C=O) groups excluding carboxylic acids is 1. The number of alkyl halides is 1. The average molecular weight is 210 g/mol. The first-order chi connectivity index (χ1) is 4.57. The molecule has 0 saturated carbocycles. The van der Waals surface area contributed by atoms with E-state index in [4.69, 9.17) is 5.11 Å². The van der Waals surface area contributed by atoms with Crippen LogP contribution in [0.2, 0.25) is 0 Å². The van der Waals surface area contributed by atoms with Crippen LogP contribution in [0.4, 0.5) is 0 Å². The molecule has 3 nitrogen and oxygen atoms in total. The Kier molecular flexibility index (Phi) is 4.64. The lowest BCUT2D eigenvalue weighted by Gasteiger charge is -2.11. The maximum atomic E-state index is 10.8. The van der Waals surface area contributed by atoms with Gasteiger partial charge < -0.3 is 10.4 Å².